The summed E-state index contributed by atoms with van der Waals surface area (Å²) in [4.78, 5) is 19.0. The Balaban J connectivity index is 2.01. The average Bonchev–Trinajstić information content (AvgIpc) is 2.96. The highest BCUT2D eigenvalue weighted by Crippen LogP contribution is 2.17. The van der Waals surface area contributed by atoms with E-state index in [2.05, 4.69) is 15.3 Å². The SMILES string of the molecule is CCc1ncc(C(=O)NC(C)C(O)c2ccc(F)cc2)[nH]1. The number of H-pyrrole nitrogens is 1. The summed E-state index contributed by atoms with van der Waals surface area (Å²) in [5.74, 6) is 0.0231. The molecule has 0 spiro atoms. The van der Waals surface area contributed by atoms with E-state index in [-0.39, 0.29) is 11.7 Å². The van der Waals surface area contributed by atoms with Crippen molar-refractivity contribution < 1.29 is 14.3 Å². The van der Waals surface area contributed by atoms with Crippen LogP contribution in [-0.2, 0) is 6.42 Å². The summed E-state index contributed by atoms with van der Waals surface area (Å²) in [6, 6.07) is 5.02. The number of aromatic nitrogens is 2. The average molecular weight is 291 g/mol. The summed E-state index contributed by atoms with van der Waals surface area (Å²) >= 11 is 0. The molecule has 2 atom stereocenters. The summed E-state index contributed by atoms with van der Waals surface area (Å²) in [6.45, 7) is 3.62. The van der Waals surface area contributed by atoms with Gasteiger partial charge in [-0.05, 0) is 24.6 Å². The van der Waals surface area contributed by atoms with Gasteiger partial charge in [-0.15, -0.1) is 0 Å². The molecule has 0 radical (unpaired) electrons. The van der Waals surface area contributed by atoms with Crippen molar-refractivity contribution >= 4 is 5.91 Å². The molecule has 0 aliphatic carbocycles. The second kappa shape index (κ2) is 6.49. The summed E-state index contributed by atoms with van der Waals surface area (Å²) in [7, 11) is 0. The van der Waals surface area contributed by atoms with E-state index in [1.54, 1.807) is 6.92 Å². The molecule has 2 aromatic rings. The number of hydrogen-bond donors (Lipinski definition) is 3. The van der Waals surface area contributed by atoms with Crippen LogP contribution < -0.4 is 5.32 Å². The minimum atomic E-state index is -0.914. The minimum Gasteiger partial charge on any atom is -0.386 e. The van der Waals surface area contributed by atoms with E-state index in [9.17, 15) is 14.3 Å². The fraction of sp³-hybridized carbons (Fsp3) is 0.333. The van der Waals surface area contributed by atoms with E-state index < -0.39 is 12.1 Å². The van der Waals surface area contributed by atoms with Crippen LogP contribution in [0.25, 0.3) is 0 Å². The first kappa shape index (κ1) is 15.2. The molecule has 2 unspecified atom stereocenters. The van der Waals surface area contributed by atoms with Crippen LogP contribution in [0.2, 0.25) is 0 Å². The molecule has 0 aliphatic rings. The van der Waals surface area contributed by atoms with Crippen molar-refractivity contribution in [1.29, 1.82) is 0 Å². The Morgan fingerprint density at radius 3 is 2.67 bits per heavy atom. The first-order chi connectivity index (χ1) is 10.0. The van der Waals surface area contributed by atoms with Gasteiger partial charge in [0.1, 0.15) is 17.3 Å². The predicted molar refractivity (Wildman–Crippen MR) is 76.3 cm³/mol. The van der Waals surface area contributed by atoms with E-state index in [1.807, 2.05) is 6.92 Å². The van der Waals surface area contributed by atoms with Crippen molar-refractivity contribution in [1.82, 2.24) is 15.3 Å². The molecule has 112 valence electrons. The fourth-order valence-corrected chi connectivity index (χ4v) is 1.97. The zero-order valence-electron chi connectivity index (χ0n) is 11.9. The van der Waals surface area contributed by atoms with Gasteiger partial charge >= 0.3 is 0 Å². The molecule has 6 heteroatoms. The molecule has 0 saturated heterocycles. The Bertz CT molecular complexity index is 610. The molecule has 0 saturated carbocycles. The second-order valence-corrected chi connectivity index (χ2v) is 4.86. The zero-order chi connectivity index (χ0) is 15.4. The molecule has 3 N–H and O–H groups in total. The van der Waals surface area contributed by atoms with Gasteiger partial charge in [0.25, 0.3) is 5.91 Å². The normalized spacial score (nSPS) is 13.7. The number of amides is 1. The van der Waals surface area contributed by atoms with E-state index in [0.29, 0.717) is 17.7 Å². The number of rotatable bonds is 5. The molecule has 1 amide bonds. The highest BCUT2D eigenvalue weighted by molar-refractivity contribution is 5.92. The molecule has 5 nitrogen and oxygen atoms in total. The number of nitrogens with zero attached hydrogens (tertiary/aromatic N) is 1. The number of imidazole rings is 1. The lowest BCUT2D eigenvalue weighted by atomic mass is 10.0. The van der Waals surface area contributed by atoms with Crippen molar-refractivity contribution in [3.63, 3.8) is 0 Å². The second-order valence-electron chi connectivity index (χ2n) is 4.86. The number of aryl methyl sites for hydroxylation is 1. The largest absolute Gasteiger partial charge is 0.386 e. The van der Waals surface area contributed by atoms with E-state index in [0.717, 1.165) is 5.82 Å². The maximum Gasteiger partial charge on any atom is 0.269 e. The smallest absolute Gasteiger partial charge is 0.269 e. The van der Waals surface area contributed by atoms with Gasteiger partial charge in [0, 0.05) is 6.42 Å². The van der Waals surface area contributed by atoms with Crippen molar-refractivity contribution in [2.45, 2.75) is 32.4 Å². The zero-order valence-corrected chi connectivity index (χ0v) is 11.9. The first-order valence-electron chi connectivity index (χ1n) is 6.79. The molecule has 0 bridgehead atoms. The maximum atomic E-state index is 12.9. The van der Waals surface area contributed by atoms with Gasteiger partial charge in [-0.2, -0.15) is 0 Å². The van der Waals surface area contributed by atoms with Crippen LogP contribution in [0.3, 0.4) is 0 Å². The summed E-state index contributed by atoms with van der Waals surface area (Å²) in [5, 5.41) is 12.9. The summed E-state index contributed by atoms with van der Waals surface area (Å²) in [5.41, 5.74) is 0.896. The lowest BCUT2D eigenvalue weighted by molar-refractivity contribution is 0.0847. The lowest BCUT2D eigenvalue weighted by Gasteiger charge is -2.20. The third-order valence-electron chi connectivity index (χ3n) is 3.25. The summed E-state index contributed by atoms with van der Waals surface area (Å²) < 4.78 is 12.9. The maximum absolute atomic E-state index is 12.9. The third kappa shape index (κ3) is 3.66. The van der Waals surface area contributed by atoms with Crippen LogP contribution in [0.4, 0.5) is 4.39 Å². The Morgan fingerprint density at radius 1 is 1.43 bits per heavy atom. The highest BCUT2D eigenvalue weighted by atomic mass is 19.1. The van der Waals surface area contributed by atoms with Crippen LogP contribution in [0.5, 0.6) is 0 Å². The molecule has 2 rings (SSSR count). The Labute approximate surface area is 122 Å². The van der Waals surface area contributed by atoms with Crippen LogP contribution in [-0.4, -0.2) is 27.0 Å². The van der Waals surface area contributed by atoms with Gasteiger partial charge in [0.15, 0.2) is 0 Å². The molecule has 1 aromatic heterocycles. The standard InChI is InChI=1S/C15H18FN3O2/c1-3-13-17-8-12(19-13)15(21)18-9(2)14(20)10-4-6-11(16)7-5-10/h4-9,14,20H,3H2,1-2H3,(H,17,19)(H,18,21). The highest BCUT2D eigenvalue weighted by Gasteiger charge is 2.20. The monoisotopic (exact) mass is 291 g/mol. The summed E-state index contributed by atoms with van der Waals surface area (Å²) in [6.07, 6.45) is 1.26. The van der Waals surface area contributed by atoms with Gasteiger partial charge in [-0.25, -0.2) is 9.37 Å². The van der Waals surface area contributed by atoms with Gasteiger partial charge in [0.2, 0.25) is 0 Å². The molecular weight excluding hydrogens is 273 g/mol. The Hall–Kier alpha value is -2.21. The van der Waals surface area contributed by atoms with Crippen molar-refractivity contribution in [3.8, 4) is 0 Å². The molecule has 1 heterocycles. The fourth-order valence-electron chi connectivity index (χ4n) is 1.97. The first-order valence-corrected chi connectivity index (χ1v) is 6.79. The number of carbonyl (C=O) groups excluding carboxylic acids is 1. The topological polar surface area (TPSA) is 78.0 Å². The number of hydrogen-bond acceptors (Lipinski definition) is 3. The van der Waals surface area contributed by atoms with Crippen LogP contribution in [0, 0.1) is 5.82 Å². The van der Waals surface area contributed by atoms with E-state index in [1.165, 1.54) is 30.5 Å². The molecule has 1 aromatic carbocycles. The molecule has 21 heavy (non-hydrogen) atoms. The van der Waals surface area contributed by atoms with E-state index >= 15 is 0 Å². The van der Waals surface area contributed by atoms with Crippen LogP contribution in [0.1, 0.15) is 41.8 Å². The van der Waals surface area contributed by atoms with Gasteiger partial charge in [-0.3, -0.25) is 4.79 Å². The number of carbonyl (C=O) groups is 1. The number of halogens is 1. The molecule has 0 fully saturated rings. The van der Waals surface area contributed by atoms with E-state index in [4.69, 9.17) is 0 Å². The van der Waals surface area contributed by atoms with Gasteiger partial charge in [0.05, 0.1) is 18.3 Å². The quantitative estimate of drug-likeness (QED) is 0.788. The molecular formula is C15H18FN3O2. The number of aromatic amines is 1. The Morgan fingerprint density at radius 2 is 2.10 bits per heavy atom. The van der Waals surface area contributed by atoms with Crippen LogP contribution in [0.15, 0.2) is 30.5 Å². The van der Waals surface area contributed by atoms with Crippen molar-refractivity contribution in [2.24, 2.45) is 0 Å². The predicted octanol–water partition coefficient (Wildman–Crippen LogP) is 1.96. The number of aliphatic hydroxyl groups excluding tert-OH is 1. The van der Waals surface area contributed by atoms with Crippen LogP contribution >= 0.6 is 0 Å². The lowest BCUT2D eigenvalue weighted by Crippen LogP contribution is -2.37. The Kier molecular flexibility index (Phi) is 4.70. The number of aliphatic hydroxyl groups is 1. The number of benzene rings is 1. The van der Waals surface area contributed by atoms with Crippen molar-refractivity contribution in [2.75, 3.05) is 0 Å². The number of nitrogens with one attached hydrogen (secondary N) is 2. The molecule has 0 aliphatic heterocycles. The van der Waals surface area contributed by atoms with Gasteiger partial charge in [-0.1, -0.05) is 19.1 Å². The van der Waals surface area contributed by atoms with Crippen molar-refractivity contribution in [3.05, 3.63) is 53.4 Å². The van der Waals surface area contributed by atoms with Gasteiger partial charge < -0.3 is 15.4 Å². The minimum absolute atomic E-state index is 0.337. The third-order valence-corrected chi connectivity index (χ3v) is 3.25.